The summed E-state index contributed by atoms with van der Waals surface area (Å²) in [6.45, 7) is 2.55. The predicted molar refractivity (Wildman–Crippen MR) is 97.3 cm³/mol. The molecule has 0 bridgehead atoms. The van der Waals surface area contributed by atoms with Gasteiger partial charge in [-0.05, 0) is 12.2 Å². The van der Waals surface area contributed by atoms with E-state index in [0.717, 1.165) is 17.9 Å². The summed E-state index contributed by atoms with van der Waals surface area (Å²) in [7, 11) is 2.87. The summed E-state index contributed by atoms with van der Waals surface area (Å²) in [4.78, 5) is 43.6. The molecular formula is C13H22N2O6S3. The van der Waals surface area contributed by atoms with Gasteiger partial charge in [0.25, 0.3) is 0 Å². The molecule has 0 heterocycles. The van der Waals surface area contributed by atoms with Gasteiger partial charge in [0.1, 0.15) is 12.1 Å². The van der Waals surface area contributed by atoms with Gasteiger partial charge in [-0.1, -0.05) is 21.6 Å². The van der Waals surface area contributed by atoms with Crippen molar-refractivity contribution in [3.8, 4) is 0 Å². The average molecular weight is 399 g/mol. The highest BCUT2D eigenvalue weighted by molar-refractivity contribution is 8.76. The molecule has 8 nitrogen and oxygen atoms in total. The van der Waals surface area contributed by atoms with Crippen molar-refractivity contribution in [2.24, 2.45) is 0 Å². The zero-order chi connectivity index (χ0) is 18.5. The second-order valence-corrected chi connectivity index (χ2v) is 8.49. The van der Waals surface area contributed by atoms with E-state index in [4.69, 9.17) is 10.2 Å². The monoisotopic (exact) mass is 398 g/mol. The van der Waals surface area contributed by atoms with Crippen LogP contribution in [0, 0.1) is 0 Å². The molecule has 0 aromatic rings. The second-order valence-electron chi connectivity index (χ2n) is 4.72. The Labute approximate surface area is 152 Å². The lowest BCUT2D eigenvalue weighted by Crippen LogP contribution is -2.41. The van der Waals surface area contributed by atoms with Crippen LogP contribution in [0.5, 0.6) is 0 Å². The molecule has 11 heteroatoms. The number of carbonyl (C=O) groups is 4. The lowest BCUT2D eigenvalue weighted by molar-refractivity contribution is -0.141. The molecular weight excluding hydrogens is 376 g/mol. The molecule has 0 aromatic carbocycles. The summed E-state index contributed by atoms with van der Waals surface area (Å²) in [6.07, 6.45) is 0.826. The van der Waals surface area contributed by atoms with Gasteiger partial charge in [0.15, 0.2) is 0 Å². The number of thioether (sulfide) groups is 1. The molecule has 0 aliphatic heterocycles. The minimum atomic E-state index is -1.06. The van der Waals surface area contributed by atoms with Crippen molar-refractivity contribution in [3.05, 3.63) is 0 Å². The van der Waals surface area contributed by atoms with E-state index in [1.807, 2.05) is 0 Å². The van der Waals surface area contributed by atoms with Crippen LogP contribution in [0.4, 0.5) is 0 Å². The van der Waals surface area contributed by atoms with Gasteiger partial charge < -0.3 is 20.8 Å². The number of hydrogen-bond donors (Lipinski definition) is 4. The van der Waals surface area contributed by atoms with Crippen molar-refractivity contribution >= 4 is 57.1 Å². The van der Waals surface area contributed by atoms with E-state index in [-0.39, 0.29) is 17.6 Å². The summed E-state index contributed by atoms with van der Waals surface area (Å²) in [5.41, 5.74) is 0. The zero-order valence-corrected chi connectivity index (χ0v) is 15.9. The fourth-order valence-electron chi connectivity index (χ4n) is 1.44. The largest absolute Gasteiger partial charge is 0.480 e. The minimum Gasteiger partial charge on any atom is -0.480 e. The maximum Gasteiger partial charge on any atom is 0.327 e. The summed E-state index contributed by atoms with van der Waals surface area (Å²) in [6, 6.07) is -1.79. The van der Waals surface area contributed by atoms with E-state index in [1.54, 1.807) is 0 Å². The molecule has 0 aromatic heterocycles. The Bertz CT molecular complexity index is 409. The molecule has 2 unspecified atom stereocenters. The first-order valence-corrected chi connectivity index (χ1v) is 10.7. The topological polar surface area (TPSA) is 133 Å². The number of rotatable bonds is 13. The lowest BCUT2D eigenvalue weighted by atomic mass is 10.3. The van der Waals surface area contributed by atoms with Crippen molar-refractivity contribution in [2.45, 2.75) is 32.4 Å². The Morgan fingerprint density at radius 3 is 1.79 bits per heavy atom. The first kappa shape index (κ1) is 22.9. The van der Waals surface area contributed by atoms with Crippen molar-refractivity contribution < 1.29 is 29.4 Å². The lowest BCUT2D eigenvalue weighted by Gasteiger charge is -2.13. The van der Waals surface area contributed by atoms with Crippen molar-refractivity contribution in [1.82, 2.24) is 10.6 Å². The average Bonchev–Trinajstić information content (AvgIpc) is 2.46. The van der Waals surface area contributed by atoms with E-state index in [0.29, 0.717) is 5.75 Å². The molecule has 4 N–H and O–H groups in total. The van der Waals surface area contributed by atoms with Crippen molar-refractivity contribution in [1.29, 1.82) is 0 Å². The number of carbonyl (C=O) groups excluding carboxylic acids is 2. The number of amides is 2. The fourth-order valence-corrected chi connectivity index (χ4v) is 4.84. The van der Waals surface area contributed by atoms with Crippen molar-refractivity contribution in [3.63, 3.8) is 0 Å². The third-order valence-electron chi connectivity index (χ3n) is 2.47. The van der Waals surface area contributed by atoms with Crippen LogP contribution >= 0.6 is 33.3 Å². The van der Waals surface area contributed by atoms with Crippen LogP contribution in [0.15, 0.2) is 0 Å². The van der Waals surface area contributed by atoms with Crippen molar-refractivity contribution in [2.75, 3.05) is 23.0 Å². The molecule has 0 saturated carbocycles. The van der Waals surface area contributed by atoms with Gasteiger partial charge in [-0.25, -0.2) is 9.59 Å². The SMILES string of the molecule is CC(=O)NC(CSCCCSSCC(NC(C)=O)C(=O)O)C(=O)O. The van der Waals surface area contributed by atoms with Crippen LogP contribution in [-0.2, 0) is 19.2 Å². The smallest absolute Gasteiger partial charge is 0.327 e. The minimum absolute atomic E-state index is 0.274. The molecule has 0 radical (unpaired) electrons. The number of hydrogen-bond acceptors (Lipinski definition) is 7. The molecule has 0 saturated heterocycles. The second kappa shape index (κ2) is 13.2. The molecule has 0 fully saturated rings. The Morgan fingerprint density at radius 2 is 1.33 bits per heavy atom. The van der Waals surface area contributed by atoms with Crippen LogP contribution < -0.4 is 10.6 Å². The standard InChI is InChI=1S/C13H22N2O6S3/c1-8(16)14-10(12(18)19)6-22-4-3-5-23-24-7-11(13(20)21)15-9(2)17/h10-11H,3-7H2,1-2H3,(H,14,16)(H,15,17)(H,18,19)(H,20,21). The first-order valence-electron chi connectivity index (χ1n) is 7.06. The number of nitrogens with one attached hydrogen (secondary N) is 2. The Kier molecular flexibility index (Phi) is 12.7. The molecule has 24 heavy (non-hydrogen) atoms. The first-order chi connectivity index (χ1) is 11.2. The van der Waals surface area contributed by atoms with E-state index in [1.165, 1.54) is 47.2 Å². The summed E-state index contributed by atoms with van der Waals surface area (Å²) in [5, 5.41) is 22.6. The Morgan fingerprint density at radius 1 is 0.833 bits per heavy atom. The Balaban J connectivity index is 3.75. The van der Waals surface area contributed by atoms with Gasteiger partial charge in [-0.2, -0.15) is 11.8 Å². The highest BCUT2D eigenvalue weighted by Gasteiger charge is 2.19. The van der Waals surface area contributed by atoms with Crippen LogP contribution in [0.25, 0.3) is 0 Å². The van der Waals surface area contributed by atoms with Gasteiger partial charge in [0.2, 0.25) is 11.8 Å². The van der Waals surface area contributed by atoms with Gasteiger partial charge in [-0.3, -0.25) is 9.59 Å². The molecule has 2 atom stereocenters. The zero-order valence-electron chi connectivity index (χ0n) is 13.4. The number of aliphatic carboxylic acids is 2. The molecule has 138 valence electrons. The van der Waals surface area contributed by atoms with E-state index >= 15 is 0 Å². The van der Waals surface area contributed by atoms with Crippen LogP contribution in [0.1, 0.15) is 20.3 Å². The third-order valence-corrected chi connectivity index (χ3v) is 6.12. The molecule has 2 amide bonds. The van der Waals surface area contributed by atoms with Crippen LogP contribution in [0.2, 0.25) is 0 Å². The fraction of sp³-hybridized carbons (Fsp3) is 0.692. The third kappa shape index (κ3) is 12.4. The quantitative estimate of drug-likeness (QED) is 0.261. The van der Waals surface area contributed by atoms with Crippen LogP contribution in [0.3, 0.4) is 0 Å². The molecule has 0 aliphatic carbocycles. The molecule has 0 rings (SSSR count). The highest BCUT2D eigenvalue weighted by atomic mass is 33.1. The number of carboxylic acids is 2. The predicted octanol–water partition coefficient (Wildman–Crippen LogP) is 0.670. The van der Waals surface area contributed by atoms with Gasteiger partial charge in [-0.15, -0.1) is 0 Å². The summed E-state index contributed by atoms with van der Waals surface area (Å²) >= 11 is 1.44. The van der Waals surface area contributed by atoms with Crippen LogP contribution in [-0.4, -0.2) is 69.1 Å². The van der Waals surface area contributed by atoms with Gasteiger partial charge in [0.05, 0.1) is 0 Å². The maximum absolute atomic E-state index is 10.9. The van der Waals surface area contributed by atoms with Gasteiger partial charge >= 0.3 is 11.9 Å². The maximum atomic E-state index is 10.9. The van der Waals surface area contributed by atoms with Gasteiger partial charge in [0, 0.05) is 31.1 Å². The highest BCUT2D eigenvalue weighted by Crippen LogP contribution is 2.23. The Hall–Kier alpha value is -1.07. The van der Waals surface area contributed by atoms with E-state index in [2.05, 4.69) is 10.6 Å². The van der Waals surface area contributed by atoms with E-state index in [9.17, 15) is 19.2 Å². The summed E-state index contributed by atoms with van der Waals surface area (Å²) in [5.74, 6) is -0.773. The molecule has 0 spiro atoms. The van der Waals surface area contributed by atoms with E-state index < -0.39 is 24.0 Å². The summed E-state index contributed by atoms with van der Waals surface area (Å²) < 4.78 is 0. The number of carboxylic acid groups (broad SMARTS) is 2. The normalized spacial score (nSPS) is 12.9. The molecule has 0 aliphatic rings.